The maximum absolute atomic E-state index is 12.7. The molecule has 0 heterocycles. The van der Waals surface area contributed by atoms with Gasteiger partial charge in [-0.25, -0.2) is 0 Å². The summed E-state index contributed by atoms with van der Waals surface area (Å²) < 4.78 is 17.3. The first-order valence-electron chi connectivity index (χ1n) is 23.8. The molecule has 0 aromatic rings. The molecule has 0 aliphatic heterocycles. The third-order valence-corrected chi connectivity index (χ3v) is 10.1. The minimum atomic E-state index is -0.544. The molecule has 5 heteroatoms. The van der Waals surface area contributed by atoms with Crippen molar-refractivity contribution in [3.63, 3.8) is 0 Å². The molecule has 1 atom stereocenters. The van der Waals surface area contributed by atoms with E-state index in [1.54, 1.807) is 0 Å². The number of unbranched alkanes of at least 4 members (excludes halogenated alkanes) is 22. The quantitative estimate of drug-likeness (QED) is 0.0350. The second-order valence-corrected chi connectivity index (χ2v) is 15.6. The van der Waals surface area contributed by atoms with Gasteiger partial charge in [0.05, 0.1) is 6.61 Å². The number of carbonyl (C=O) groups excluding carboxylic acids is 2. The van der Waals surface area contributed by atoms with E-state index in [0.29, 0.717) is 19.4 Å². The predicted molar refractivity (Wildman–Crippen MR) is 242 cm³/mol. The molecule has 0 fully saturated rings. The Bertz CT molecular complexity index is 977. The van der Waals surface area contributed by atoms with Crippen LogP contribution in [-0.4, -0.2) is 37.9 Å². The van der Waals surface area contributed by atoms with Crippen molar-refractivity contribution in [1.29, 1.82) is 0 Å². The van der Waals surface area contributed by atoms with Gasteiger partial charge in [0.15, 0.2) is 6.10 Å². The van der Waals surface area contributed by atoms with Gasteiger partial charge in [-0.15, -0.1) is 0 Å². The molecule has 0 aliphatic carbocycles. The molecular weight excluding hydrogens is 693 g/mol. The molecule has 0 aromatic heterocycles. The van der Waals surface area contributed by atoms with E-state index in [9.17, 15) is 9.59 Å². The molecule has 0 bridgehead atoms. The van der Waals surface area contributed by atoms with E-state index in [4.69, 9.17) is 14.2 Å². The van der Waals surface area contributed by atoms with Crippen molar-refractivity contribution in [3.8, 4) is 0 Å². The molecule has 0 N–H and O–H groups in total. The Morgan fingerprint density at radius 1 is 0.411 bits per heavy atom. The summed E-state index contributed by atoms with van der Waals surface area (Å²) in [4.78, 5) is 25.2. The van der Waals surface area contributed by atoms with Crippen molar-refractivity contribution in [3.05, 3.63) is 60.8 Å². The summed E-state index contributed by atoms with van der Waals surface area (Å²) in [7, 11) is 0. The zero-order valence-electron chi connectivity index (χ0n) is 37.1. The van der Waals surface area contributed by atoms with Crippen LogP contribution in [0.25, 0.3) is 0 Å². The molecule has 0 amide bonds. The van der Waals surface area contributed by atoms with Crippen molar-refractivity contribution in [2.45, 2.75) is 232 Å². The number of rotatable bonds is 43. The van der Waals surface area contributed by atoms with Gasteiger partial charge >= 0.3 is 11.9 Å². The molecule has 0 saturated heterocycles. The highest BCUT2D eigenvalue weighted by molar-refractivity contribution is 5.70. The van der Waals surface area contributed by atoms with Crippen LogP contribution in [0.5, 0.6) is 0 Å². The summed E-state index contributed by atoms with van der Waals surface area (Å²) in [5, 5.41) is 0. The van der Waals surface area contributed by atoms with E-state index in [1.807, 2.05) is 0 Å². The van der Waals surface area contributed by atoms with Gasteiger partial charge in [-0.2, -0.15) is 0 Å². The van der Waals surface area contributed by atoms with Gasteiger partial charge in [-0.05, 0) is 64.2 Å². The average molecular weight is 783 g/mol. The normalized spacial score (nSPS) is 12.7. The van der Waals surface area contributed by atoms with Crippen molar-refractivity contribution in [1.82, 2.24) is 0 Å². The van der Waals surface area contributed by atoms with Gasteiger partial charge in [-0.3, -0.25) is 9.59 Å². The van der Waals surface area contributed by atoms with Gasteiger partial charge in [0.25, 0.3) is 0 Å². The van der Waals surface area contributed by atoms with Gasteiger partial charge in [0.2, 0.25) is 0 Å². The summed E-state index contributed by atoms with van der Waals surface area (Å²) in [5.74, 6) is -0.411. The van der Waals surface area contributed by atoms with Crippen molar-refractivity contribution >= 4 is 11.9 Å². The van der Waals surface area contributed by atoms with E-state index in [0.717, 1.165) is 77.0 Å². The number of esters is 2. The van der Waals surface area contributed by atoms with Gasteiger partial charge < -0.3 is 14.2 Å². The summed E-state index contributed by atoms with van der Waals surface area (Å²) >= 11 is 0. The first-order valence-corrected chi connectivity index (χ1v) is 23.8. The smallest absolute Gasteiger partial charge is 0.306 e. The van der Waals surface area contributed by atoms with Crippen LogP contribution in [-0.2, 0) is 23.8 Å². The van der Waals surface area contributed by atoms with Crippen LogP contribution in [0.1, 0.15) is 226 Å². The molecular formula is C51H90O5. The van der Waals surface area contributed by atoms with Gasteiger partial charge in [0.1, 0.15) is 6.61 Å². The summed E-state index contributed by atoms with van der Waals surface area (Å²) in [5.41, 5.74) is 0. The van der Waals surface area contributed by atoms with Crippen LogP contribution in [0.3, 0.4) is 0 Å². The molecule has 0 spiro atoms. The fourth-order valence-electron chi connectivity index (χ4n) is 6.54. The zero-order valence-corrected chi connectivity index (χ0v) is 37.1. The average Bonchev–Trinajstić information content (AvgIpc) is 3.20. The summed E-state index contributed by atoms with van der Waals surface area (Å²) in [6.45, 7) is 7.65. The Morgan fingerprint density at radius 2 is 0.804 bits per heavy atom. The summed E-state index contributed by atoms with van der Waals surface area (Å²) in [6, 6.07) is 0. The molecule has 5 nitrogen and oxygen atoms in total. The lowest BCUT2D eigenvalue weighted by molar-refractivity contribution is -0.163. The van der Waals surface area contributed by atoms with Crippen LogP contribution in [0, 0.1) is 0 Å². The maximum Gasteiger partial charge on any atom is 0.306 e. The fourth-order valence-corrected chi connectivity index (χ4v) is 6.54. The Morgan fingerprint density at radius 3 is 1.29 bits per heavy atom. The molecule has 1 unspecified atom stereocenters. The van der Waals surface area contributed by atoms with E-state index in [-0.39, 0.29) is 25.2 Å². The molecule has 0 saturated carbocycles. The first-order chi connectivity index (χ1) is 27.6. The predicted octanol–water partition coefficient (Wildman–Crippen LogP) is 15.8. The Labute approximate surface area is 347 Å². The zero-order chi connectivity index (χ0) is 40.7. The molecule has 0 rings (SSSR count). The topological polar surface area (TPSA) is 61.8 Å². The van der Waals surface area contributed by atoms with Crippen LogP contribution >= 0.6 is 0 Å². The minimum absolute atomic E-state index is 0.0770. The van der Waals surface area contributed by atoms with E-state index in [1.165, 1.54) is 116 Å². The highest BCUT2D eigenvalue weighted by Crippen LogP contribution is 2.14. The molecule has 0 aliphatic rings. The lowest BCUT2D eigenvalue weighted by Gasteiger charge is -2.18. The maximum atomic E-state index is 12.7. The third kappa shape index (κ3) is 44.3. The Balaban J connectivity index is 4.23. The summed E-state index contributed by atoms with van der Waals surface area (Å²) in [6.07, 6.45) is 58.0. The van der Waals surface area contributed by atoms with E-state index < -0.39 is 6.10 Å². The molecule has 56 heavy (non-hydrogen) atoms. The van der Waals surface area contributed by atoms with Gasteiger partial charge in [0, 0.05) is 19.4 Å². The van der Waals surface area contributed by atoms with Crippen molar-refractivity contribution in [2.24, 2.45) is 0 Å². The first kappa shape index (κ1) is 53.6. The van der Waals surface area contributed by atoms with Crippen molar-refractivity contribution in [2.75, 3.05) is 19.8 Å². The highest BCUT2D eigenvalue weighted by atomic mass is 16.6. The second-order valence-electron chi connectivity index (χ2n) is 15.6. The number of hydrogen-bond acceptors (Lipinski definition) is 5. The SMILES string of the molecule is CC/C=C\C/C=C\C/C=C\C/C=C\C/C=C\CCCCCCOCC(COC(=O)CCCCCCCCCCCCC)OC(=O)CCCCCCCCCCC. The largest absolute Gasteiger partial charge is 0.462 e. The second kappa shape index (κ2) is 47.0. The van der Waals surface area contributed by atoms with Crippen molar-refractivity contribution < 1.29 is 23.8 Å². The number of carbonyl (C=O) groups is 2. The van der Waals surface area contributed by atoms with E-state index in [2.05, 4.69) is 81.5 Å². The lowest BCUT2D eigenvalue weighted by Crippen LogP contribution is -2.30. The highest BCUT2D eigenvalue weighted by Gasteiger charge is 2.17. The molecule has 324 valence electrons. The minimum Gasteiger partial charge on any atom is -0.462 e. The van der Waals surface area contributed by atoms with E-state index >= 15 is 0 Å². The van der Waals surface area contributed by atoms with Gasteiger partial charge in [-0.1, -0.05) is 210 Å². The Kier molecular flexibility index (Phi) is 45.0. The van der Waals surface area contributed by atoms with Crippen LogP contribution in [0.4, 0.5) is 0 Å². The third-order valence-electron chi connectivity index (χ3n) is 10.1. The monoisotopic (exact) mass is 783 g/mol. The number of ether oxygens (including phenoxy) is 3. The fraction of sp³-hybridized carbons (Fsp3) is 0.765. The number of hydrogen-bond donors (Lipinski definition) is 0. The lowest BCUT2D eigenvalue weighted by atomic mass is 10.1. The number of allylic oxidation sites excluding steroid dienone is 10. The molecule has 0 aromatic carbocycles. The van der Waals surface area contributed by atoms with Crippen LogP contribution in [0.2, 0.25) is 0 Å². The van der Waals surface area contributed by atoms with Crippen LogP contribution in [0.15, 0.2) is 60.8 Å². The molecule has 0 radical (unpaired) electrons. The Hall–Kier alpha value is -2.40. The van der Waals surface area contributed by atoms with Crippen LogP contribution < -0.4 is 0 Å². The standard InChI is InChI=1S/C51H90O5/c1-4-7-10-13-16-19-21-22-23-24-25-26-27-28-29-31-34-37-40-43-46-54-47-49(56-51(53)45-42-39-36-32-18-15-12-9-6-3)48-55-50(52)44-41-38-35-33-30-20-17-14-11-8-5-2/h7,10,16,19,22-23,25-26,28-29,49H,4-6,8-9,11-15,17-18,20-21,24,27,30-48H2,1-3H3/b10-7-,19-16-,23-22-,26-25-,29-28-.